The van der Waals surface area contributed by atoms with Crippen LogP contribution in [0.3, 0.4) is 0 Å². The molecule has 7 nitrogen and oxygen atoms in total. The lowest BCUT2D eigenvalue weighted by molar-refractivity contribution is -0.123. The molecule has 0 heterocycles. The molecule has 0 aliphatic carbocycles. The summed E-state index contributed by atoms with van der Waals surface area (Å²) < 4.78 is 0. The molecule has 120 valence electrons. The number of benzene rings is 1. The first kappa shape index (κ1) is 17.6. The molecule has 0 aliphatic rings. The van der Waals surface area contributed by atoms with Crippen molar-refractivity contribution < 1.29 is 14.4 Å². The van der Waals surface area contributed by atoms with Crippen LogP contribution >= 0.6 is 0 Å². The van der Waals surface area contributed by atoms with Gasteiger partial charge in [0.25, 0.3) is 5.91 Å². The summed E-state index contributed by atoms with van der Waals surface area (Å²) in [6.07, 6.45) is 0. The van der Waals surface area contributed by atoms with E-state index in [4.69, 9.17) is 5.73 Å². The highest BCUT2D eigenvalue weighted by Gasteiger charge is 2.15. The van der Waals surface area contributed by atoms with Crippen LogP contribution in [0, 0.1) is 0 Å². The van der Waals surface area contributed by atoms with Gasteiger partial charge in [-0.1, -0.05) is 6.07 Å². The van der Waals surface area contributed by atoms with Crippen LogP contribution < -0.4 is 21.7 Å². The Morgan fingerprint density at radius 2 is 1.82 bits per heavy atom. The van der Waals surface area contributed by atoms with Gasteiger partial charge in [-0.2, -0.15) is 0 Å². The van der Waals surface area contributed by atoms with Gasteiger partial charge in [-0.15, -0.1) is 0 Å². The molecule has 1 aromatic carbocycles. The monoisotopic (exact) mass is 306 g/mol. The average Bonchev–Trinajstić information content (AvgIpc) is 2.43. The summed E-state index contributed by atoms with van der Waals surface area (Å²) in [6, 6.07) is 6.57. The molecule has 5 N–H and O–H groups in total. The van der Waals surface area contributed by atoms with Crippen molar-refractivity contribution in [1.82, 2.24) is 10.6 Å². The fourth-order valence-electron chi connectivity index (χ4n) is 1.61. The van der Waals surface area contributed by atoms with Crippen molar-refractivity contribution in [1.29, 1.82) is 0 Å². The third-order valence-corrected chi connectivity index (χ3v) is 2.53. The van der Waals surface area contributed by atoms with E-state index in [1.807, 2.05) is 20.8 Å². The molecule has 0 saturated carbocycles. The number of nitrogens with one attached hydrogen (secondary N) is 3. The van der Waals surface area contributed by atoms with Gasteiger partial charge in [0.05, 0.1) is 13.1 Å². The third kappa shape index (κ3) is 6.36. The molecular weight excluding hydrogens is 284 g/mol. The number of hydrogen-bond acceptors (Lipinski definition) is 4. The summed E-state index contributed by atoms with van der Waals surface area (Å²) in [4.78, 5) is 34.7. The highest BCUT2D eigenvalue weighted by Crippen LogP contribution is 2.12. The molecule has 0 spiro atoms. The van der Waals surface area contributed by atoms with Crippen molar-refractivity contribution in [2.24, 2.45) is 5.73 Å². The fourth-order valence-corrected chi connectivity index (χ4v) is 1.61. The minimum atomic E-state index is -0.409. The lowest BCUT2D eigenvalue weighted by atomic mass is 10.1. The Bertz CT molecular complexity index is 564. The van der Waals surface area contributed by atoms with Crippen LogP contribution in [-0.2, 0) is 9.59 Å². The predicted molar refractivity (Wildman–Crippen MR) is 84.4 cm³/mol. The van der Waals surface area contributed by atoms with Gasteiger partial charge in [0.1, 0.15) is 0 Å². The molecule has 0 fully saturated rings. The summed E-state index contributed by atoms with van der Waals surface area (Å²) >= 11 is 0. The maximum atomic E-state index is 12.1. The van der Waals surface area contributed by atoms with Gasteiger partial charge in [0, 0.05) is 16.8 Å². The molecule has 0 aliphatic heterocycles. The van der Waals surface area contributed by atoms with Crippen LogP contribution in [0.25, 0.3) is 0 Å². The van der Waals surface area contributed by atoms with Crippen LogP contribution in [0.1, 0.15) is 31.1 Å². The van der Waals surface area contributed by atoms with Crippen molar-refractivity contribution in [3.05, 3.63) is 29.8 Å². The van der Waals surface area contributed by atoms with E-state index in [0.717, 1.165) is 0 Å². The van der Waals surface area contributed by atoms with E-state index in [2.05, 4.69) is 16.0 Å². The summed E-state index contributed by atoms with van der Waals surface area (Å²) in [5.74, 6) is -1.02. The molecule has 1 rings (SSSR count). The Kier molecular flexibility index (Phi) is 6.06. The van der Waals surface area contributed by atoms with Crippen molar-refractivity contribution in [3.8, 4) is 0 Å². The standard InChI is InChI=1S/C15H22N4O3/c1-15(2,3)19-14(22)10-5-4-6-11(7-10)18-13(21)9-17-12(20)8-16/h4-7H,8-9,16H2,1-3H3,(H,17,20)(H,18,21)(H,19,22). The predicted octanol–water partition coefficient (Wildman–Crippen LogP) is 0.228. The minimum absolute atomic E-state index is 0.171. The minimum Gasteiger partial charge on any atom is -0.347 e. The second-order valence-corrected chi connectivity index (χ2v) is 5.81. The van der Waals surface area contributed by atoms with Crippen LogP contribution in [-0.4, -0.2) is 36.3 Å². The zero-order valence-corrected chi connectivity index (χ0v) is 13.0. The lowest BCUT2D eigenvalue weighted by Gasteiger charge is -2.20. The normalized spacial score (nSPS) is 10.7. The molecule has 0 radical (unpaired) electrons. The van der Waals surface area contributed by atoms with E-state index in [1.54, 1.807) is 24.3 Å². The largest absolute Gasteiger partial charge is 0.347 e. The second kappa shape index (κ2) is 7.56. The Hall–Kier alpha value is -2.41. The molecular formula is C15H22N4O3. The van der Waals surface area contributed by atoms with Gasteiger partial charge < -0.3 is 21.7 Å². The SMILES string of the molecule is CC(C)(C)NC(=O)c1cccc(NC(=O)CNC(=O)CN)c1. The summed E-state index contributed by atoms with van der Waals surface area (Å²) in [7, 11) is 0. The molecule has 0 aromatic heterocycles. The topological polar surface area (TPSA) is 113 Å². The maximum Gasteiger partial charge on any atom is 0.251 e. The molecule has 0 atom stereocenters. The van der Waals surface area contributed by atoms with Crippen molar-refractivity contribution in [2.75, 3.05) is 18.4 Å². The number of carbonyl (C=O) groups is 3. The van der Waals surface area contributed by atoms with E-state index in [1.165, 1.54) is 0 Å². The number of anilines is 1. The number of amides is 3. The highest BCUT2D eigenvalue weighted by molar-refractivity contribution is 5.98. The van der Waals surface area contributed by atoms with E-state index < -0.39 is 11.8 Å². The van der Waals surface area contributed by atoms with Crippen molar-refractivity contribution >= 4 is 23.4 Å². The van der Waals surface area contributed by atoms with Gasteiger partial charge in [-0.3, -0.25) is 14.4 Å². The lowest BCUT2D eigenvalue weighted by Crippen LogP contribution is -2.40. The summed E-state index contributed by atoms with van der Waals surface area (Å²) in [6.45, 7) is 5.31. The number of nitrogens with two attached hydrogens (primary N) is 1. The molecule has 3 amide bonds. The first-order valence-corrected chi connectivity index (χ1v) is 6.90. The van der Waals surface area contributed by atoms with E-state index in [-0.39, 0.29) is 24.5 Å². The summed E-state index contributed by atoms with van der Waals surface area (Å²) in [5.41, 5.74) is 5.71. The molecule has 7 heteroatoms. The Morgan fingerprint density at radius 1 is 1.14 bits per heavy atom. The van der Waals surface area contributed by atoms with Crippen LogP contribution in [0.5, 0.6) is 0 Å². The fraction of sp³-hybridized carbons (Fsp3) is 0.400. The Labute approximate surface area is 129 Å². The van der Waals surface area contributed by atoms with Gasteiger partial charge in [0.15, 0.2) is 0 Å². The quantitative estimate of drug-likeness (QED) is 0.623. The highest BCUT2D eigenvalue weighted by atomic mass is 16.2. The van der Waals surface area contributed by atoms with Crippen molar-refractivity contribution in [3.63, 3.8) is 0 Å². The first-order valence-electron chi connectivity index (χ1n) is 6.90. The van der Waals surface area contributed by atoms with E-state index in [0.29, 0.717) is 11.3 Å². The Morgan fingerprint density at radius 3 is 2.41 bits per heavy atom. The third-order valence-electron chi connectivity index (χ3n) is 2.53. The molecule has 1 aromatic rings. The zero-order chi connectivity index (χ0) is 16.8. The average molecular weight is 306 g/mol. The first-order chi connectivity index (χ1) is 10.2. The second-order valence-electron chi connectivity index (χ2n) is 5.81. The number of rotatable bonds is 5. The van der Waals surface area contributed by atoms with Gasteiger partial charge >= 0.3 is 0 Å². The molecule has 0 unspecified atom stereocenters. The number of hydrogen-bond donors (Lipinski definition) is 4. The zero-order valence-electron chi connectivity index (χ0n) is 13.0. The summed E-state index contributed by atoms with van der Waals surface area (Å²) in [5, 5.41) is 7.81. The Balaban J connectivity index is 2.66. The van der Waals surface area contributed by atoms with Crippen LogP contribution in [0.4, 0.5) is 5.69 Å². The van der Waals surface area contributed by atoms with Gasteiger partial charge in [0.2, 0.25) is 11.8 Å². The molecule has 0 bridgehead atoms. The molecule has 0 saturated heterocycles. The van der Waals surface area contributed by atoms with E-state index in [9.17, 15) is 14.4 Å². The smallest absolute Gasteiger partial charge is 0.251 e. The molecule has 22 heavy (non-hydrogen) atoms. The number of carbonyl (C=O) groups excluding carboxylic acids is 3. The van der Waals surface area contributed by atoms with Crippen molar-refractivity contribution in [2.45, 2.75) is 26.3 Å². The maximum absolute atomic E-state index is 12.1. The van der Waals surface area contributed by atoms with Gasteiger partial charge in [-0.25, -0.2) is 0 Å². The van der Waals surface area contributed by atoms with Crippen LogP contribution in [0.15, 0.2) is 24.3 Å². The van der Waals surface area contributed by atoms with Gasteiger partial charge in [-0.05, 0) is 39.0 Å². The van der Waals surface area contributed by atoms with E-state index >= 15 is 0 Å². The van der Waals surface area contributed by atoms with Crippen LogP contribution in [0.2, 0.25) is 0 Å².